The Kier molecular flexibility index (Phi) is 5.92. The molecule has 1 N–H and O–H groups in total. The van der Waals surface area contributed by atoms with Gasteiger partial charge in [-0.25, -0.2) is 0 Å². The number of thiocarbonyl (C=S) groups is 1. The third-order valence-corrected chi connectivity index (χ3v) is 3.45. The van der Waals surface area contributed by atoms with Crippen LogP contribution in [0.15, 0.2) is 24.3 Å². The zero-order chi connectivity index (χ0) is 13.5. The average Bonchev–Trinajstić information content (AvgIpc) is 2.42. The summed E-state index contributed by atoms with van der Waals surface area (Å²) in [6.45, 7) is 5.15. The molecule has 1 aromatic carbocycles. The van der Waals surface area contributed by atoms with E-state index in [1.54, 1.807) is 7.11 Å². The molecule has 0 bridgehead atoms. The fourth-order valence-electron chi connectivity index (χ4n) is 1.75. The molecule has 0 aliphatic carbocycles. The number of nitrogens with one attached hydrogen (secondary N) is 1. The molecule has 1 unspecified atom stereocenters. The first-order valence-electron chi connectivity index (χ1n) is 6.25. The molecule has 0 radical (unpaired) electrons. The second-order valence-electron chi connectivity index (χ2n) is 4.26. The van der Waals surface area contributed by atoms with Crippen molar-refractivity contribution in [3.05, 3.63) is 29.8 Å². The zero-order valence-electron chi connectivity index (χ0n) is 11.6. The van der Waals surface area contributed by atoms with Crippen molar-refractivity contribution in [2.75, 3.05) is 20.7 Å². The van der Waals surface area contributed by atoms with Gasteiger partial charge in [0.15, 0.2) is 5.11 Å². The van der Waals surface area contributed by atoms with Gasteiger partial charge in [0.25, 0.3) is 0 Å². The monoisotopic (exact) mass is 266 g/mol. The molecule has 1 rings (SSSR count). The Morgan fingerprint density at radius 2 is 2.11 bits per heavy atom. The second kappa shape index (κ2) is 7.21. The van der Waals surface area contributed by atoms with Crippen LogP contribution in [0, 0.1) is 0 Å². The van der Waals surface area contributed by atoms with Gasteiger partial charge in [0, 0.05) is 19.2 Å². The van der Waals surface area contributed by atoms with E-state index in [1.807, 2.05) is 25.2 Å². The molecule has 0 aromatic heterocycles. The Morgan fingerprint density at radius 3 is 2.72 bits per heavy atom. The fourth-order valence-corrected chi connectivity index (χ4v) is 2.01. The van der Waals surface area contributed by atoms with E-state index in [9.17, 15) is 0 Å². The van der Waals surface area contributed by atoms with E-state index in [2.05, 4.69) is 30.1 Å². The van der Waals surface area contributed by atoms with Crippen LogP contribution in [0.3, 0.4) is 0 Å². The average molecular weight is 266 g/mol. The number of nitrogens with zero attached hydrogens (tertiary/aromatic N) is 1. The Morgan fingerprint density at radius 1 is 1.44 bits per heavy atom. The molecule has 18 heavy (non-hydrogen) atoms. The maximum atomic E-state index is 5.39. The third kappa shape index (κ3) is 3.60. The lowest BCUT2D eigenvalue weighted by Crippen LogP contribution is -2.38. The number of hydrogen-bond donors (Lipinski definition) is 1. The van der Waals surface area contributed by atoms with Crippen LogP contribution < -0.4 is 10.1 Å². The quantitative estimate of drug-likeness (QED) is 0.828. The van der Waals surface area contributed by atoms with E-state index in [4.69, 9.17) is 17.0 Å². The van der Waals surface area contributed by atoms with E-state index >= 15 is 0 Å². The molecule has 1 aromatic rings. The number of para-hydroxylation sites is 1. The molecule has 3 nitrogen and oxygen atoms in total. The second-order valence-corrected chi connectivity index (χ2v) is 4.65. The Bertz CT molecular complexity index is 395. The van der Waals surface area contributed by atoms with Gasteiger partial charge in [-0.1, -0.05) is 25.1 Å². The number of hydrogen-bond acceptors (Lipinski definition) is 2. The van der Waals surface area contributed by atoms with Crippen LogP contribution in [0.1, 0.15) is 31.9 Å². The number of methoxy groups -OCH3 is 1. The van der Waals surface area contributed by atoms with Crippen LogP contribution in [0.2, 0.25) is 0 Å². The summed E-state index contributed by atoms with van der Waals surface area (Å²) in [4.78, 5) is 2.06. The van der Waals surface area contributed by atoms with E-state index in [1.165, 1.54) is 0 Å². The summed E-state index contributed by atoms with van der Waals surface area (Å²) in [5.41, 5.74) is 1.14. The van der Waals surface area contributed by atoms with Crippen molar-refractivity contribution in [1.82, 2.24) is 10.2 Å². The molecule has 0 saturated heterocycles. The number of benzene rings is 1. The molecular formula is C14H22N2OS. The molecule has 0 amide bonds. The lowest BCUT2D eigenvalue weighted by Gasteiger charge is -2.29. The largest absolute Gasteiger partial charge is 0.496 e. The Balaban J connectivity index is 2.79. The maximum absolute atomic E-state index is 5.39. The molecule has 100 valence electrons. The number of ether oxygens (including phenoxy) is 1. The SMILES string of the molecule is CCCNC(=S)N(C)C(C)c1ccccc1OC. The van der Waals surface area contributed by atoms with Crippen LogP contribution in [0.25, 0.3) is 0 Å². The number of rotatable bonds is 5. The lowest BCUT2D eigenvalue weighted by molar-refractivity contribution is 0.362. The molecule has 0 aliphatic heterocycles. The maximum Gasteiger partial charge on any atom is 0.169 e. The van der Waals surface area contributed by atoms with Crippen molar-refractivity contribution in [1.29, 1.82) is 0 Å². The first-order valence-corrected chi connectivity index (χ1v) is 6.66. The normalized spacial score (nSPS) is 11.8. The lowest BCUT2D eigenvalue weighted by atomic mass is 10.1. The van der Waals surface area contributed by atoms with Crippen LogP contribution in [0.5, 0.6) is 5.75 Å². The smallest absolute Gasteiger partial charge is 0.169 e. The van der Waals surface area contributed by atoms with Gasteiger partial charge < -0.3 is 15.0 Å². The molecule has 0 heterocycles. The van der Waals surface area contributed by atoms with E-state index in [0.29, 0.717) is 0 Å². The molecule has 4 heteroatoms. The van der Waals surface area contributed by atoms with Gasteiger partial charge in [0.1, 0.15) is 5.75 Å². The zero-order valence-corrected chi connectivity index (χ0v) is 12.4. The minimum atomic E-state index is 0.179. The van der Waals surface area contributed by atoms with Crippen molar-refractivity contribution < 1.29 is 4.74 Å². The summed E-state index contributed by atoms with van der Waals surface area (Å²) in [6.07, 6.45) is 1.07. The van der Waals surface area contributed by atoms with Gasteiger partial charge in [-0.15, -0.1) is 0 Å². The molecule has 0 saturated carbocycles. The van der Waals surface area contributed by atoms with Crippen molar-refractivity contribution in [3.63, 3.8) is 0 Å². The molecule has 0 aliphatic rings. The highest BCUT2D eigenvalue weighted by Gasteiger charge is 2.17. The van der Waals surface area contributed by atoms with Gasteiger partial charge in [0.05, 0.1) is 13.2 Å². The fraction of sp³-hybridized carbons (Fsp3) is 0.500. The van der Waals surface area contributed by atoms with E-state index < -0.39 is 0 Å². The minimum Gasteiger partial charge on any atom is -0.496 e. The van der Waals surface area contributed by atoms with Crippen LogP contribution in [-0.4, -0.2) is 30.7 Å². The first kappa shape index (κ1) is 14.8. The first-order chi connectivity index (χ1) is 8.61. The van der Waals surface area contributed by atoms with Crippen molar-refractivity contribution >= 4 is 17.3 Å². The summed E-state index contributed by atoms with van der Waals surface area (Å²) in [5.74, 6) is 0.898. The van der Waals surface area contributed by atoms with Crippen molar-refractivity contribution in [2.45, 2.75) is 26.3 Å². The highest BCUT2D eigenvalue weighted by Crippen LogP contribution is 2.27. The van der Waals surface area contributed by atoms with Gasteiger partial charge in [-0.3, -0.25) is 0 Å². The third-order valence-electron chi connectivity index (χ3n) is 3.02. The summed E-state index contributed by atoms with van der Waals surface area (Å²) in [6, 6.07) is 8.22. The molecule has 0 fully saturated rings. The highest BCUT2D eigenvalue weighted by atomic mass is 32.1. The van der Waals surface area contributed by atoms with Gasteiger partial charge >= 0.3 is 0 Å². The summed E-state index contributed by atoms with van der Waals surface area (Å²) in [5, 5.41) is 4.01. The van der Waals surface area contributed by atoms with Gasteiger partial charge in [-0.05, 0) is 31.6 Å². The summed E-state index contributed by atoms with van der Waals surface area (Å²) >= 11 is 5.37. The van der Waals surface area contributed by atoms with Crippen molar-refractivity contribution in [3.8, 4) is 5.75 Å². The molecule has 1 atom stereocenters. The summed E-state index contributed by atoms with van der Waals surface area (Å²) in [7, 11) is 3.70. The predicted molar refractivity (Wildman–Crippen MR) is 80.1 cm³/mol. The minimum absolute atomic E-state index is 0.179. The van der Waals surface area contributed by atoms with Crippen LogP contribution in [0.4, 0.5) is 0 Å². The summed E-state index contributed by atoms with van der Waals surface area (Å²) < 4.78 is 5.39. The van der Waals surface area contributed by atoms with E-state index in [0.717, 1.165) is 29.4 Å². The van der Waals surface area contributed by atoms with Crippen LogP contribution >= 0.6 is 12.2 Å². The van der Waals surface area contributed by atoms with Gasteiger partial charge in [-0.2, -0.15) is 0 Å². The topological polar surface area (TPSA) is 24.5 Å². The Hall–Kier alpha value is -1.29. The van der Waals surface area contributed by atoms with Crippen LogP contribution in [-0.2, 0) is 0 Å². The standard InChI is InChI=1S/C14H22N2OS/c1-5-10-15-14(18)16(3)11(2)12-8-6-7-9-13(12)17-4/h6-9,11H,5,10H2,1-4H3,(H,15,18). The van der Waals surface area contributed by atoms with Crippen molar-refractivity contribution in [2.24, 2.45) is 0 Å². The highest BCUT2D eigenvalue weighted by molar-refractivity contribution is 7.80. The molecule has 0 spiro atoms. The van der Waals surface area contributed by atoms with Gasteiger partial charge in [0.2, 0.25) is 0 Å². The Labute approximate surface area is 115 Å². The molecular weight excluding hydrogens is 244 g/mol. The predicted octanol–water partition coefficient (Wildman–Crippen LogP) is 2.97. The van der Waals surface area contributed by atoms with E-state index in [-0.39, 0.29) is 6.04 Å².